The molecule has 1 heterocycles. The van der Waals surface area contributed by atoms with Crippen molar-refractivity contribution in [3.63, 3.8) is 0 Å². The minimum absolute atomic E-state index is 0.0310. The lowest BCUT2D eigenvalue weighted by molar-refractivity contribution is -0.147. The molecule has 1 saturated carbocycles. The Bertz CT molecular complexity index is 466. The maximum Gasteiger partial charge on any atom is 0.308 e. The van der Waals surface area contributed by atoms with Gasteiger partial charge < -0.3 is 15.3 Å². The summed E-state index contributed by atoms with van der Waals surface area (Å²) in [5.41, 5.74) is -0.715. The Balaban J connectivity index is 1.96. The SMILES string of the molecule is CC1(NC(=O)CN2CCCCCCC2=O)CCCCC1C(=O)O. The lowest BCUT2D eigenvalue weighted by atomic mass is 9.74. The van der Waals surface area contributed by atoms with Crippen LogP contribution < -0.4 is 5.32 Å². The van der Waals surface area contributed by atoms with Crippen LogP contribution in [0.4, 0.5) is 0 Å². The zero-order chi connectivity index (χ0) is 16.9. The largest absolute Gasteiger partial charge is 0.481 e. The van der Waals surface area contributed by atoms with Gasteiger partial charge in [-0.3, -0.25) is 14.4 Å². The first-order chi connectivity index (χ1) is 10.9. The van der Waals surface area contributed by atoms with Crippen LogP contribution in [0, 0.1) is 5.92 Å². The molecule has 2 unspecified atom stereocenters. The highest BCUT2D eigenvalue weighted by atomic mass is 16.4. The van der Waals surface area contributed by atoms with Crippen molar-refractivity contribution >= 4 is 17.8 Å². The second-order valence-electron chi connectivity index (χ2n) is 7.08. The van der Waals surface area contributed by atoms with Crippen LogP contribution in [-0.2, 0) is 14.4 Å². The highest BCUT2D eigenvalue weighted by molar-refractivity contribution is 5.86. The van der Waals surface area contributed by atoms with E-state index >= 15 is 0 Å². The normalized spacial score (nSPS) is 29.5. The Kier molecular flexibility index (Phi) is 6.02. The summed E-state index contributed by atoms with van der Waals surface area (Å²) in [5.74, 6) is -1.61. The highest BCUT2D eigenvalue weighted by Gasteiger charge is 2.42. The van der Waals surface area contributed by atoms with E-state index in [0.717, 1.165) is 38.5 Å². The zero-order valence-corrected chi connectivity index (χ0v) is 14.0. The molecule has 0 bridgehead atoms. The molecule has 6 nitrogen and oxygen atoms in total. The van der Waals surface area contributed by atoms with Gasteiger partial charge in [-0.05, 0) is 32.6 Å². The van der Waals surface area contributed by atoms with Crippen molar-refractivity contribution in [3.05, 3.63) is 0 Å². The van der Waals surface area contributed by atoms with E-state index in [1.165, 1.54) is 0 Å². The van der Waals surface area contributed by atoms with E-state index in [0.29, 0.717) is 25.8 Å². The first kappa shape index (κ1) is 17.8. The molecule has 2 amide bonds. The molecule has 130 valence electrons. The number of carbonyl (C=O) groups is 3. The van der Waals surface area contributed by atoms with Gasteiger partial charge in [-0.1, -0.05) is 25.7 Å². The van der Waals surface area contributed by atoms with Crippen LogP contribution in [0.15, 0.2) is 0 Å². The van der Waals surface area contributed by atoms with Gasteiger partial charge in [0.25, 0.3) is 0 Å². The van der Waals surface area contributed by atoms with Crippen molar-refractivity contribution in [2.45, 2.75) is 70.3 Å². The minimum Gasteiger partial charge on any atom is -0.481 e. The molecule has 0 radical (unpaired) electrons. The van der Waals surface area contributed by atoms with Crippen molar-refractivity contribution in [2.75, 3.05) is 13.1 Å². The van der Waals surface area contributed by atoms with Gasteiger partial charge in [0.2, 0.25) is 11.8 Å². The van der Waals surface area contributed by atoms with Gasteiger partial charge in [0.1, 0.15) is 0 Å². The molecule has 1 aliphatic heterocycles. The van der Waals surface area contributed by atoms with Crippen LogP contribution in [0.3, 0.4) is 0 Å². The maximum absolute atomic E-state index is 12.4. The third-order valence-electron chi connectivity index (χ3n) is 5.19. The number of likely N-dealkylation sites (tertiary alicyclic amines) is 1. The Morgan fingerprint density at radius 3 is 2.70 bits per heavy atom. The number of aliphatic carboxylic acids is 1. The molecule has 0 aromatic carbocycles. The van der Waals surface area contributed by atoms with E-state index in [9.17, 15) is 19.5 Å². The molecule has 1 aliphatic carbocycles. The van der Waals surface area contributed by atoms with E-state index in [1.54, 1.807) is 4.90 Å². The fourth-order valence-electron chi connectivity index (χ4n) is 3.79. The molecular formula is C17H28N2O4. The number of carbonyl (C=O) groups excluding carboxylic acids is 2. The van der Waals surface area contributed by atoms with E-state index in [1.807, 2.05) is 6.92 Å². The molecule has 2 N–H and O–H groups in total. The average molecular weight is 324 g/mol. The summed E-state index contributed by atoms with van der Waals surface area (Å²) >= 11 is 0. The topological polar surface area (TPSA) is 86.7 Å². The van der Waals surface area contributed by atoms with Gasteiger partial charge in [-0.15, -0.1) is 0 Å². The van der Waals surface area contributed by atoms with E-state index in [4.69, 9.17) is 0 Å². The van der Waals surface area contributed by atoms with Gasteiger partial charge in [-0.25, -0.2) is 0 Å². The molecule has 0 aromatic rings. The average Bonchev–Trinajstić information content (AvgIpc) is 2.46. The number of hydrogen-bond donors (Lipinski definition) is 2. The molecule has 0 aromatic heterocycles. The van der Waals surface area contributed by atoms with Crippen LogP contribution in [0.1, 0.15) is 64.7 Å². The van der Waals surface area contributed by atoms with Crippen molar-refractivity contribution in [2.24, 2.45) is 5.92 Å². The van der Waals surface area contributed by atoms with Crippen molar-refractivity contribution < 1.29 is 19.5 Å². The second-order valence-corrected chi connectivity index (χ2v) is 7.08. The molecule has 2 atom stereocenters. The van der Waals surface area contributed by atoms with Crippen molar-refractivity contribution in [1.82, 2.24) is 10.2 Å². The first-order valence-corrected chi connectivity index (χ1v) is 8.74. The Labute approximate surface area is 137 Å². The third-order valence-corrected chi connectivity index (χ3v) is 5.19. The molecule has 2 fully saturated rings. The summed E-state index contributed by atoms with van der Waals surface area (Å²) in [7, 11) is 0. The van der Waals surface area contributed by atoms with Gasteiger partial charge in [0.15, 0.2) is 0 Å². The maximum atomic E-state index is 12.4. The third kappa shape index (κ3) is 4.69. The number of hydrogen-bond acceptors (Lipinski definition) is 3. The summed E-state index contributed by atoms with van der Waals surface area (Å²) in [5, 5.41) is 12.3. The van der Waals surface area contributed by atoms with E-state index in [-0.39, 0.29) is 18.4 Å². The van der Waals surface area contributed by atoms with Crippen molar-refractivity contribution in [3.8, 4) is 0 Å². The van der Waals surface area contributed by atoms with Crippen LogP contribution in [0.2, 0.25) is 0 Å². The van der Waals surface area contributed by atoms with Crippen LogP contribution in [-0.4, -0.2) is 46.4 Å². The smallest absolute Gasteiger partial charge is 0.308 e. The number of nitrogens with zero attached hydrogens (tertiary/aromatic N) is 1. The molecule has 1 saturated heterocycles. The van der Waals surface area contributed by atoms with Gasteiger partial charge in [-0.2, -0.15) is 0 Å². The fraction of sp³-hybridized carbons (Fsp3) is 0.824. The minimum atomic E-state index is -0.852. The monoisotopic (exact) mass is 324 g/mol. The number of nitrogens with one attached hydrogen (secondary N) is 1. The zero-order valence-electron chi connectivity index (χ0n) is 14.0. The quantitative estimate of drug-likeness (QED) is 0.827. The molecule has 6 heteroatoms. The summed E-state index contributed by atoms with van der Waals surface area (Å²) in [6.45, 7) is 2.48. The molecule has 2 rings (SSSR count). The van der Waals surface area contributed by atoms with Crippen LogP contribution in [0.25, 0.3) is 0 Å². The lowest BCUT2D eigenvalue weighted by Crippen LogP contribution is -2.57. The predicted octanol–water partition coefficient (Wildman–Crippen LogP) is 1.93. The van der Waals surface area contributed by atoms with Crippen LogP contribution >= 0.6 is 0 Å². The number of rotatable bonds is 4. The van der Waals surface area contributed by atoms with Gasteiger partial charge in [0, 0.05) is 13.0 Å². The Morgan fingerprint density at radius 1 is 1.22 bits per heavy atom. The van der Waals surface area contributed by atoms with Crippen molar-refractivity contribution in [1.29, 1.82) is 0 Å². The summed E-state index contributed by atoms with van der Waals surface area (Å²) in [6.07, 6.45) is 7.54. The molecule has 2 aliphatic rings. The number of amides is 2. The number of carboxylic acids is 1. The fourth-order valence-corrected chi connectivity index (χ4v) is 3.79. The Hall–Kier alpha value is -1.59. The first-order valence-electron chi connectivity index (χ1n) is 8.74. The molecular weight excluding hydrogens is 296 g/mol. The standard InChI is InChI=1S/C17H28N2O4/c1-17(10-6-5-8-13(17)16(22)23)18-14(20)12-19-11-7-3-2-4-9-15(19)21/h13H,2-12H2,1H3,(H,18,20)(H,22,23). The molecule has 0 spiro atoms. The van der Waals surface area contributed by atoms with Gasteiger partial charge in [0.05, 0.1) is 18.0 Å². The second kappa shape index (κ2) is 7.79. The highest BCUT2D eigenvalue weighted by Crippen LogP contribution is 2.33. The van der Waals surface area contributed by atoms with Crippen LogP contribution in [0.5, 0.6) is 0 Å². The summed E-state index contributed by atoms with van der Waals surface area (Å²) in [4.78, 5) is 37.6. The number of carboxylic acid groups (broad SMARTS) is 1. The summed E-state index contributed by atoms with van der Waals surface area (Å²) in [6, 6.07) is 0. The molecule has 23 heavy (non-hydrogen) atoms. The predicted molar refractivity (Wildman–Crippen MR) is 85.8 cm³/mol. The van der Waals surface area contributed by atoms with E-state index < -0.39 is 17.4 Å². The lowest BCUT2D eigenvalue weighted by Gasteiger charge is -2.40. The summed E-state index contributed by atoms with van der Waals surface area (Å²) < 4.78 is 0. The Morgan fingerprint density at radius 2 is 1.96 bits per heavy atom. The van der Waals surface area contributed by atoms with Gasteiger partial charge >= 0.3 is 5.97 Å². The van der Waals surface area contributed by atoms with E-state index in [2.05, 4.69) is 5.32 Å².